The molecule has 5 rings (SSSR count). The molecular weight excluding hydrogens is 736 g/mol. The number of fused-ring (bicyclic) bond motifs is 2. The first-order chi connectivity index (χ1) is 25.6. The zero-order valence-electron chi connectivity index (χ0n) is 32.7. The van der Waals surface area contributed by atoms with Crippen LogP contribution in [0.4, 0.5) is 15.4 Å². The second kappa shape index (κ2) is 16.4. The second-order valence-electron chi connectivity index (χ2n) is 16.3. The number of carboxylic acid groups (broad SMARTS) is 1. The zero-order valence-corrected chi connectivity index (χ0v) is 33.5. The molecule has 18 heteroatoms. The molecule has 4 N–H and O–H groups in total. The number of anilines is 1. The summed E-state index contributed by atoms with van der Waals surface area (Å²) in [6.45, 7) is 15.5. The van der Waals surface area contributed by atoms with Crippen molar-refractivity contribution in [1.82, 2.24) is 34.6 Å². The van der Waals surface area contributed by atoms with Crippen molar-refractivity contribution >= 4 is 46.7 Å². The molecule has 0 bridgehead atoms. The number of benzene rings is 1. The first-order valence-corrected chi connectivity index (χ1v) is 18.6. The summed E-state index contributed by atoms with van der Waals surface area (Å²) in [6, 6.07) is 6.15. The standard InChI is InChI=1S/C37H53ClN8O9/c1-34(2,3)53-32(49)43-25(31(47)48)14-15-44(17-18-45(33(50)54-35(4,5)6)16-13-23-9-11-24(38)12-10-23)19-26-28-37(20-51-26,55-36(7,8)52-28)46-22-42-27-29(39)40-21-41-30(27)46/h9-12,21-22,25-26,28H,13-20H2,1-8H3,(H,43,49)(H,47,48)(H2,39,40,41). The van der Waals surface area contributed by atoms with E-state index in [1.54, 1.807) is 69.5 Å². The Bertz CT molecular complexity index is 1830. The van der Waals surface area contributed by atoms with Crippen molar-refractivity contribution < 1.29 is 43.2 Å². The van der Waals surface area contributed by atoms with Gasteiger partial charge in [-0.2, -0.15) is 0 Å². The molecule has 0 spiro atoms. The highest BCUT2D eigenvalue weighted by Gasteiger charge is 2.63. The molecule has 2 aliphatic rings. The lowest BCUT2D eigenvalue weighted by molar-refractivity contribution is -0.205. The Morgan fingerprint density at radius 2 is 1.73 bits per heavy atom. The van der Waals surface area contributed by atoms with Gasteiger partial charge in [0.15, 0.2) is 17.3 Å². The average Bonchev–Trinajstić information content (AvgIpc) is 3.72. The number of nitrogen functional groups attached to an aromatic ring is 1. The fraction of sp³-hybridized carbons (Fsp3) is 0.622. The molecule has 0 radical (unpaired) electrons. The van der Waals surface area contributed by atoms with Gasteiger partial charge in [0.2, 0.25) is 5.72 Å². The van der Waals surface area contributed by atoms with E-state index < -0.39 is 59.1 Å². The van der Waals surface area contributed by atoms with Crippen LogP contribution in [0.1, 0.15) is 67.4 Å². The number of alkyl carbamates (subject to hydrolysis) is 1. The van der Waals surface area contributed by atoms with Gasteiger partial charge in [-0.25, -0.2) is 29.3 Å². The van der Waals surface area contributed by atoms with Crippen LogP contribution in [-0.2, 0) is 40.6 Å². The number of aliphatic carboxylic acids is 1. The van der Waals surface area contributed by atoms with Gasteiger partial charge in [-0.05, 0) is 85.9 Å². The molecule has 2 aromatic heterocycles. The molecular formula is C37H53ClN8O9. The number of carbonyl (C=O) groups excluding carboxylic acids is 2. The average molecular weight is 789 g/mol. The molecule has 0 aliphatic carbocycles. The van der Waals surface area contributed by atoms with Crippen molar-refractivity contribution in [2.75, 3.05) is 45.1 Å². The van der Waals surface area contributed by atoms with E-state index in [2.05, 4.69) is 20.3 Å². The van der Waals surface area contributed by atoms with Crippen molar-refractivity contribution in [2.24, 2.45) is 0 Å². The minimum Gasteiger partial charge on any atom is -0.480 e. The molecule has 17 nitrogen and oxygen atoms in total. The Balaban J connectivity index is 1.40. The quantitative estimate of drug-likeness (QED) is 0.207. The number of nitrogens with zero attached hydrogens (tertiary/aromatic N) is 6. The van der Waals surface area contributed by atoms with Gasteiger partial charge in [0.05, 0.1) is 12.9 Å². The third kappa shape index (κ3) is 10.7. The Morgan fingerprint density at radius 1 is 1.04 bits per heavy atom. The van der Waals surface area contributed by atoms with Gasteiger partial charge >= 0.3 is 18.2 Å². The Kier molecular flexibility index (Phi) is 12.5. The lowest BCUT2D eigenvalue weighted by Gasteiger charge is -2.32. The molecule has 4 heterocycles. The fourth-order valence-corrected chi connectivity index (χ4v) is 6.72. The largest absolute Gasteiger partial charge is 0.480 e. The van der Waals surface area contributed by atoms with Gasteiger partial charge in [-0.1, -0.05) is 23.7 Å². The van der Waals surface area contributed by atoms with Gasteiger partial charge in [0, 0.05) is 37.7 Å². The molecule has 2 amide bonds. The van der Waals surface area contributed by atoms with Gasteiger partial charge in [-0.15, -0.1) is 0 Å². The third-order valence-electron chi connectivity index (χ3n) is 8.97. The smallest absolute Gasteiger partial charge is 0.410 e. The van der Waals surface area contributed by atoms with Crippen LogP contribution < -0.4 is 11.1 Å². The highest BCUT2D eigenvalue weighted by molar-refractivity contribution is 6.30. The van der Waals surface area contributed by atoms with Gasteiger partial charge in [0.1, 0.15) is 41.3 Å². The van der Waals surface area contributed by atoms with Crippen molar-refractivity contribution in [3.05, 3.63) is 47.5 Å². The predicted molar refractivity (Wildman–Crippen MR) is 202 cm³/mol. The molecule has 55 heavy (non-hydrogen) atoms. The van der Waals surface area contributed by atoms with E-state index in [1.807, 2.05) is 30.9 Å². The van der Waals surface area contributed by atoms with Crippen LogP contribution in [0.5, 0.6) is 0 Å². The normalized spacial score (nSPS) is 21.3. The number of nitrogens with one attached hydrogen (secondary N) is 1. The van der Waals surface area contributed by atoms with E-state index in [-0.39, 0.29) is 38.5 Å². The molecule has 0 saturated carbocycles. The Hall–Kier alpha value is -4.29. The third-order valence-corrected chi connectivity index (χ3v) is 9.22. The van der Waals surface area contributed by atoms with Crippen LogP contribution in [0.15, 0.2) is 36.9 Å². The topological polar surface area (TPSA) is 206 Å². The molecule has 2 aliphatic heterocycles. The van der Waals surface area contributed by atoms with E-state index in [4.69, 9.17) is 41.0 Å². The summed E-state index contributed by atoms with van der Waals surface area (Å²) in [5.41, 5.74) is 5.23. The molecule has 1 aromatic carbocycles. The molecule has 4 atom stereocenters. The second-order valence-corrected chi connectivity index (χ2v) is 16.7. The van der Waals surface area contributed by atoms with E-state index >= 15 is 0 Å². The van der Waals surface area contributed by atoms with E-state index in [0.29, 0.717) is 35.7 Å². The maximum absolute atomic E-state index is 13.5. The van der Waals surface area contributed by atoms with E-state index in [1.165, 1.54) is 6.33 Å². The summed E-state index contributed by atoms with van der Waals surface area (Å²) in [5.74, 6) is -2.02. The number of hydrogen-bond acceptors (Lipinski definition) is 13. The summed E-state index contributed by atoms with van der Waals surface area (Å²) >= 11 is 6.10. The first-order valence-electron chi connectivity index (χ1n) is 18.3. The number of nitrogens with two attached hydrogens (primary N) is 1. The predicted octanol–water partition coefficient (Wildman–Crippen LogP) is 4.41. The number of amides is 2. The van der Waals surface area contributed by atoms with Crippen molar-refractivity contribution in [1.29, 1.82) is 0 Å². The number of imidazole rings is 1. The molecule has 2 fully saturated rings. The minimum atomic E-state index is -1.26. The van der Waals surface area contributed by atoms with Crippen LogP contribution in [0.25, 0.3) is 11.2 Å². The maximum atomic E-state index is 13.5. The van der Waals surface area contributed by atoms with Crippen molar-refractivity contribution in [2.45, 2.75) is 109 Å². The van der Waals surface area contributed by atoms with Crippen LogP contribution in [-0.4, -0.2) is 127 Å². The van der Waals surface area contributed by atoms with Crippen LogP contribution in [0, 0.1) is 0 Å². The molecule has 3 aromatic rings. The van der Waals surface area contributed by atoms with E-state index in [0.717, 1.165) is 5.56 Å². The van der Waals surface area contributed by atoms with Gasteiger partial charge < -0.3 is 44.7 Å². The lowest BCUT2D eigenvalue weighted by atomic mass is 10.0. The summed E-state index contributed by atoms with van der Waals surface area (Å²) in [4.78, 5) is 55.1. The Morgan fingerprint density at radius 3 is 2.38 bits per heavy atom. The fourth-order valence-electron chi connectivity index (χ4n) is 6.60. The summed E-state index contributed by atoms with van der Waals surface area (Å²) in [5, 5.41) is 13.2. The number of carbonyl (C=O) groups is 3. The number of carboxylic acids is 1. The first kappa shape index (κ1) is 41.9. The monoisotopic (exact) mass is 788 g/mol. The zero-order chi connectivity index (χ0) is 40.3. The number of hydrogen-bond donors (Lipinski definition) is 3. The minimum absolute atomic E-state index is 0.0134. The van der Waals surface area contributed by atoms with E-state index in [9.17, 15) is 19.5 Å². The van der Waals surface area contributed by atoms with Crippen LogP contribution >= 0.6 is 11.6 Å². The number of rotatable bonds is 14. The summed E-state index contributed by atoms with van der Waals surface area (Å²) in [6.07, 6.45) is 0.895. The highest BCUT2D eigenvalue weighted by Crippen LogP contribution is 2.47. The van der Waals surface area contributed by atoms with Crippen LogP contribution in [0.3, 0.4) is 0 Å². The molecule has 4 unspecified atom stereocenters. The summed E-state index contributed by atoms with van der Waals surface area (Å²) < 4.78 is 32.4. The number of aromatic nitrogens is 4. The van der Waals surface area contributed by atoms with Crippen molar-refractivity contribution in [3.63, 3.8) is 0 Å². The highest BCUT2D eigenvalue weighted by atomic mass is 35.5. The van der Waals surface area contributed by atoms with Crippen LogP contribution in [0.2, 0.25) is 5.02 Å². The Labute approximate surface area is 325 Å². The lowest BCUT2D eigenvalue weighted by Crippen LogP contribution is -2.50. The SMILES string of the molecule is CC(C)(C)OC(=O)NC(CCN(CCN(CCc1ccc(Cl)cc1)C(=O)OC(C)(C)C)CC1OCC2(n3cnc4c(N)ncnc43)OC(C)(C)OC12)C(=O)O. The van der Waals surface area contributed by atoms with Gasteiger partial charge in [0.25, 0.3) is 0 Å². The van der Waals surface area contributed by atoms with Gasteiger partial charge in [-0.3, -0.25) is 9.47 Å². The number of ether oxygens (including phenoxy) is 5. The molecule has 302 valence electrons. The maximum Gasteiger partial charge on any atom is 0.410 e. The summed E-state index contributed by atoms with van der Waals surface area (Å²) in [7, 11) is 0. The number of halogens is 1. The molecule has 2 saturated heterocycles. The van der Waals surface area contributed by atoms with Crippen molar-refractivity contribution in [3.8, 4) is 0 Å².